The van der Waals surface area contributed by atoms with Crippen LogP contribution < -0.4 is 9.47 Å². The largest absolute Gasteiger partial charge is 0.480 e. The van der Waals surface area contributed by atoms with Crippen LogP contribution in [0.25, 0.3) is 17.0 Å². The van der Waals surface area contributed by atoms with Gasteiger partial charge >= 0.3 is 0 Å². The second kappa shape index (κ2) is 5.61. The van der Waals surface area contributed by atoms with Crippen molar-refractivity contribution in [3.05, 3.63) is 33.5 Å². The first kappa shape index (κ1) is 14.3. The molecule has 0 aliphatic heterocycles. The predicted octanol–water partition coefficient (Wildman–Crippen LogP) is 3.36. The van der Waals surface area contributed by atoms with Crippen molar-refractivity contribution in [2.24, 2.45) is 0 Å². The zero-order valence-electron chi connectivity index (χ0n) is 11.2. The molecule has 3 heterocycles. The minimum absolute atomic E-state index is 0.397. The highest BCUT2D eigenvalue weighted by atomic mass is 79.9. The van der Waals surface area contributed by atoms with Crippen molar-refractivity contribution < 1.29 is 9.47 Å². The van der Waals surface area contributed by atoms with Gasteiger partial charge in [-0.3, -0.25) is 4.57 Å². The number of fused-ring (bicyclic) bond motifs is 1. The quantitative estimate of drug-likeness (QED) is 0.616. The van der Waals surface area contributed by atoms with Gasteiger partial charge in [0.15, 0.2) is 0 Å². The molecule has 0 aliphatic rings. The van der Waals surface area contributed by atoms with Crippen molar-refractivity contribution in [3.63, 3.8) is 0 Å². The third-order valence-corrected chi connectivity index (χ3v) is 4.00. The lowest BCUT2D eigenvalue weighted by atomic mass is 10.3. The van der Waals surface area contributed by atoms with E-state index in [-0.39, 0.29) is 0 Å². The number of halogens is 2. The van der Waals surface area contributed by atoms with E-state index in [9.17, 15) is 0 Å². The molecule has 21 heavy (non-hydrogen) atoms. The van der Waals surface area contributed by atoms with Crippen molar-refractivity contribution in [2.75, 3.05) is 14.2 Å². The summed E-state index contributed by atoms with van der Waals surface area (Å²) < 4.78 is 13.6. The number of hydrogen-bond acceptors (Lipinski definition) is 5. The molecule has 0 atom stereocenters. The molecule has 0 bridgehead atoms. The number of rotatable bonds is 3. The van der Waals surface area contributed by atoms with Crippen LogP contribution in [0.5, 0.6) is 11.8 Å². The average molecular weight is 414 g/mol. The van der Waals surface area contributed by atoms with Crippen LogP contribution in [0.1, 0.15) is 0 Å². The van der Waals surface area contributed by atoms with Crippen LogP contribution in [0.2, 0.25) is 0 Å². The van der Waals surface area contributed by atoms with E-state index in [2.05, 4.69) is 46.8 Å². The summed E-state index contributed by atoms with van der Waals surface area (Å²) in [4.78, 5) is 13.2. The van der Waals surface area contributed by atoms with E-state index >= 15 is 0 Å². The normalized spacial score (nSPS) is 10.9. The van der Waals surface area contributed by atoms with Crippen LogP contribution in [0.3, 0.4) is 0 Å². The molecule has 3 aromatic heterocycles. The molecule has 0 aromatic carbocycles. The Labute approximate surface area is 137 Å². The van der Waals surface area contributed by atoms with E-state index in [1.807, 2.05) is 24.4 Å². The zero-order chi connectivity index (χ0) is 15.0. The molecule has 0 spiro atoms. The highest BCUT2D eigenvalue weighted by Crippen LogP contribution is 2.32. The van der Waals surface area contributed by atoms with Crippen molar-refractivity contribution in [1.82, 2.24) is 19.5 Å². The van der Waals surface area contributed by atoms with E-state index in [1.54, 1.807) is 18.8 Å². The maximum Gasteiger partial charge on any atom is 0.242 e. The van der Waals surface area contributed by atoms with Gasteiger partial charge in [-0.05, 0) is 50.1 Å². The fourth-order valence-corrected chi connectivity index (χ4v) is 2.72. The molecule has 0 fully saturated rings. The third kappa shape index (κ3) is 2.49. The van der Waals surface area contributed by atoms with Gasteiger partial charge < -0.3 is 9.47 Å². The third-order valence-electron chi connectivity index (χ3n) is 2.88. The molecule has 0 N–H and O–H groups in total. The van der Waals surface area contributed by atoms with E-state index < -0.39 is 0 Å². The number of aromatic nitrogens is 4. The number of nitrogens with zero attached hydrogens (tertiary/aromatic N) is 4. The van der Waals surface area contributed by atoms with Gasteiger partial charge in [-0.1, -0.05) is 0 Å². The second-order valence-electron chi connectivity index (χ2n) is 4.09. The minimum Gasteiger partial charge on any atom is -0.480 e. The lowest BCUT2D eigenvalue weighted by Gasteiger charge is -2.10. The maximum atomic E-state index is 5.24. The first-order chi connectivity index (χ1) is 10.1. The van der Waals surface area contributed by atoms with E-state index in [0.29, 0.717) is 22.2 Å². The van der Waals surface area contributed by atoms with Crippen molar-refractivity contribution >= 4 is 42.9 Å². The molecule has 0 saturated heterocycles. The van der Waals surface area contributed by atoms with Crippen LogP contribution in [-0.2, 0) is 0 Å². The Morgan fingerprint density at radius 1 is 0.952 bits per heavy atom. The molecule has 0 amide bonds. The van der Waals surface area contributed by atoms with Crippen LogP contribution >= 0.6 is 31.9 Å². The van der Waals surface area contributed by atoms with Gasteiger partial charge in [0, 0.05) is 11.6 Å². The van der Waals surface area contributed by atoms with Gasteiger partial charge in [-0.15, -0.1) is 0 Å². The van der Waals surface area contributed by atoms with E-state index in [0.717, 1.165) is 15.6 Å². The van der Waals surface area contributed by atoms with Gasteiger partial charge in [0.05, 0.1) is 14.2 Å². The summed E-state index contributed by atoms with van der Waals surface area (Å²) in [6.07, 6.45) is 1.85. The summed E-state index contributed by atoms with van der Waals surface area (Å²) in [6.45, 7) is 0. The van der Waals surface area contributed by atoms with Gasteiger partial charge in [0.2, 0.25) is 17.7 Å². The summed E-state index contributed by atoms with van der Waals surface area (Å²) in [6, 6.07) is 5.80. The molecule has 0 radical (unpaired) electrons. The summed E-state index contributed by atoms with van der Waals surface area (Å²) in [5.41, 5.74) is 0.746. The molecule has 0 aliphatic carbocycles. The Morgan fingerprint density at radius 2 is 1.62 bits per heavy atom. The number of methoxy groups -OCH3 is 2. The summed E-state index contributed by atoms with van der Waals surface area (Å²) >= 11 is 6.72. The Kier molecular flexibility index (Phi) is 3.81. The predicted molar refractivity (Wildman–Crippen MR) is 85.2 cm³/mol. The van der Waals surface area contributed by atoms with Gasteiger partial charge in [0.1, 0.15) is 14.7 Å². The molecule has 0 saturated carbocycles. The highest BCUT2D eigenvalue weighted by Gasteiger charge is 2.16. The monoisotopic (exact) mass is 412 g/mol. The Hall–Kier alpha value is -1.67. The SMILES string of the molecule is COc1nc(-n2ccc3ccc(Br)nc32)nc(OC)c1Br. The smallest absolute Gasteiger partial charge is 0.242 e. The summed E-state index contributed by atoms with van der Waals surface area (Å²) in [5.74, 6) is 1.22. The van der Waals surface area contributed by atoms with Gasteiger partial charge in [0.25, 0.3) is 0 Å². The van der Waals surface area contributed by atoms with Gasteiger partial charge in [-0.25, -0.2) is 4.98 Å². The fourth-order valence-electron chi connectivity index (χ4n) is 1.92. The Bertz CT molecular complexity index is 794. The van der Waals surface area contributed by atoms with Crippen molar-refractivity contribution in [3.8, 4) is 17.7 Å². The number of pyridine rings is 1. The lowest BCUT2D eigenvalue weighted by Crippen LogP contribution is -2.05. The first-order valence-electron chi connectivity index (χ1n) is 5.93. The standard InChI is InChI=1S/C13H10Br2N4O2/c1-20-11-9(15)12(21-2)18-13(17-11)19-6-5-7-3-4-8(14)16-10(7)19/h3-6H,1-2H3. The summed E-state index contributed by atoms with van der Waals surface area (Å²) in [7, 11) is 3.08. The van der Waals surface area contributed by atoms with Crippen molar-refractivity contribution in [1.29, 1.82) is 0 Å². The van der Waals surface area contributed by atoms with Crippen LogP contribution in [-0.4, -0.2) is 33.7 Å². The lowest BCUT2D eigenvalue weighted by molar-refractivity contribution is 0.365. The molecule has 3 rings (SSSR count). The molecular weight excluding hydrogens is 404 g/mol. The van der Waals surface area contributed by atoms with Gasteiger partial charge in [-0.2, -0.15) is 9.97 Å². The van der Waals surface area contributed by atoms with Crippen molar-refractivity contribution in [2.45, 2.75) is 0 Å². The zero-order valence-corrected chi connectivity index (χ0v) is 14.3. The highest BCUT2D eigenvalue weighted by molar-refractivity contribution is 9.10. The topological polar surface area (TPSA) is 62.1 Å². The molecule has 108 valence electrons. The number of hydrogen-bond donors (Lipinski definition) is 0. The molecule has 3 aromatic rings. The Morgan fingerprint density at radius 3 is 2.24 bits per heavy atom. The molecule has 6 nitrogen and oxygen atoms in total. The Balaban J connectivity index is 2.25. The first-order valence-corrected chi connectivity index (χ1v) is 7.52. The molecular formula is C13H10Br2N4O2. The van der Waals surface area contributed by atoms with Crippen LogP contribution in [0, 0.1) is 0 Å². The average Bonchev–Trinajstić information content (AvgIpc) is 2.90. The molecule has 0 unspecified atom stereocenters. The van der Waals surface area contributed by atoms with E-state index in [1.165, 1.54) is 0 Å². The molecule has 8 heteroatoms. The van der Waals surface area contributed by atoms with E-state index in [4.69, 9.17) is 9.47 Å². The van der Waals surface area contributed by atoms with Crippen LogP contribution in [0.15, 0.2) is 33.5 Å². The maximum absolute atomic E-state index is 5.24. The minimum atomic E-state index is 0.397. The number of ether oxygens (including phenoxy) is 2. The van der Waals surface area contributed by atoms with Crippen LogP contribution in [0.4, 0.5) is 0 Å². The second-order valence-corrected chi connectivity index (χ2v) is 5.69. The summed E-state index contributed by atoms with van der Waals surface area (Å²) in [5, 5.41) is 0.989. The fraction of sp³-hybridized carbons (Fsp3) is 0.154.